The van der Waals surface area contributed by atoms with Crippen molar-refractivity contribution in [3.05, 3.63) is 41.5 Å². The van der Waals surface area contributed by atoms with Gasteiger partial charge in [-0.1, -0.05) is 13.8 Å². The highest BCUT2D eigenvalue weighted by molar-refractivity contribution is 6.06. The molecule has 1 rings (SSSR count). The molecule has 0 atom stereocenters. The maximum Gasteiger partial charge on any atom is 0.248 e. The van der Waals surface area contributed by atoms with Gasteiger partial charge in [-0.25, -0.2) is 0 Å². The standard InChI is InChI=1S/C17H22N2O3/c1-11(2)10-18-17(22)12(3)9-16(21)19-15-7-5-14(6-8-15)13(4)20/h5-9,11H,10H2,1-4H3,(H,18,22)(H,19,21)/b12-9-. The molecule has 0 aliphatic rings. The van der Waals surface area contributed by atoms with Crippen molar-refractivity contribution in [2.24, 2.45) is 5.92 Å². The van der Waals surface area contributed by atoms with E-state index in [0.717, 1.165) is 0 Å². The Labute approximate surface area is 130 Å². The topological polar surface area (TPSA) is 75.3 Å². The van der Waals surface area contributed by atoms with Crippen molar-refractivity contribution in [3.8, 4) is 0 Å². The zero-order chi connectivity index (χ0) is 16.7. The van der Waals surface area contributed by atoms with Gasteiger partial charge in [0.1, 0.15) is 0 Å². The molecule has 118 valence electrons. The molecule has 0 aliphatic heterocycles. The Morgan fingerprint density at radius 2 is 1.68 bits per heavy atom. The summed E-state index contributed by atoms with van der Waals surface area (Å²) in [5.41, 5.74) is 1.50. The van der Waals surface area contributed by atoms with Gasteiger partial charge in [0.2, 0.25) is 11.8 Å². The van der Waals surface area contributed by atoms with E-state index in [-0.39, 0.29) is 17.6 Å². The third-order valence-corrected chi connectivity index (χ3v) is 2.94. The smallest absolute Gasteiger partial charge is 0.248 e. The Morgan fingerprint density at radius 3 is 2.18 bits per heavy atom. The zero-order valence-electron chi connectivity index (χ0n) is 13.4. The van der Waals surface area contributed by atoms with E-state index in [0.29, 0.717) is 29.3 Å². The summed E-state index contributed by atoms with van der Waals surface area (Å²) in [5.74, 6) is -0.315. The van der Waals surface area contributed by atoms with Gasteiger partial charge in [0, 0.05) is 29.4 Å². The largest absolute Gasteiger partial charge is 0.352 e. The summed E-state index contributed by atoms with van der Waals surface area (Å²) in [4.78, 5) is 34.8. The number of nitrogens with one attached hydrogen (secondary N) is 2. The normalized spacial score (nSPS) is 11.2. The fraction of sp³-hybridized carbons (Fsp3) is 0.353. The van der Waals surface area contributed by atoms with E-state index in [4.69, 9.17) is 0 Å². The van der Waals surface area contributed by atoms with Crippen molar-refractivity contribution in [3.63, 3.8) is 0 Å². The summed E-state index contributed by atoms with van der Waals surface area (Å²) in [5, 5.41) is 5.40. The highest BCUT2D eigenvalue weighted by Crippen LogP contribution is 2.10. The Balaban J connectivity index is 2.62. The van der Waals surface area contributed by atoms with Gasteiger partial charge in [-0.15, -0.1) is 0 Å². The van der Waals surface area contributed by atoms with Crippen LogP contribution < -0.4 is 10.6 Å². The first-order valence-corrected chi connectivity index (χ1v) is 7.18. The predicted octanol–water partition coefficient (Wildman–Crippen LogP) is 2.55. The van der Waals surface area contributed by atoms with Crippen molar-refractivity contribution in [1.29, 1.82) is 0 Å². The lowest BCUT2D eigenvalue weighted by atomic mass is 10.1. The van der Waals surface area contributed by atoms with E-state index in [1.54, 1.807) is 31.2 Å². The molecule has 22 heavy (non-hydrogen) atoms. The zero-order valence-corrected chi connectivity index (χ0v) is 13.4. The first-order chi connectivity index (χ1) is 10.3. The molecule has 0 saturated carbocycles. The number of carbonyl (C=O) groups excluding carboxylic acids is 3. The molecule has 2 amide bonds. The van der Waals surface area contributed by atoms with Crippen LogP contribution in [0.15, 0.2) is 35.9 Å². The van der Waals surface area contributed by atoms with Crippen LogP contribution in [0.4, 0.5) is 5.69 Å². The summed E-state index contributed by atoms with van der Waals surface area (Å²) in [6.07, 6.45) is 1.26. The highest BCUT2D eigenvalue weighted by Gasteiger charge is 2.07. The number of Topliss-reactive ketones (excluding diaryl/α,β-unsaturated/α-hetero) is 1. The molecule has 5 heteroatoms. The second-order valence-electron chi connectivity index (χ2n) is 5.55. The van der Waals surface area contributed by atoms with Crippen LogP contribution in [0, 0.1) is 5.92 Å². The molecule has 5 nitrogen and oxygen atoms in total. The molecule has 0 aromatic heterocycles. The van der Waals surface area contributed by atoms with Crippen LogP contribution in [0.3, 0.4) is 0 Å². The number of ketones is 1. The van der Waals surface area contributed by atoms with Gasteiger partial charge in [-0.3, -0.25) is 14.4 Å². The number of hydrogen-bond acceptors (Lipinski definition) is 3. The molecular formula is C17H22N2O3. The first kappa shape index (κ1) is 17.6. The third-order valence-electron chi connectivity index (χ3n) is 2.94. The summed E-state index contributed by atoms with van der Waals surface area (Å²) >= 11 is 0. The summed E-state index contributed by atoms with van der Waals surface area (Å²) in [6.45, 7) is 7.63. The lowest BCUT2D eigenvalue weighted by molar-refractivity contribution is -0.118. The second-order valence-corrected chi connectivity index (χ2v) is 5.55. The third kappa shape index (κ3) is 5.91. The maximum atomic E-state index is 11.8. The number of carbonyl (C=O) groups is 3. The molecule has 0 heterocycles. The molecule has 0 bridgehead atoms. The lowest BCUT2D eigenvalue weighted by Gasteiger charge is -2.08. The average molecular weight is 302 g/mol. The van der Waals surface area contributed by atoms with Crippen molar-refractivity contribution in [2.75, 3.05) is 11.9 Å². The fourth-order valence-electron chi connectivity index (χ4n) is 1.67. The van der Waals surface area contributed by atoms with Crippen molar-refractivity contribution < 1.29 is 14.4 Å². The van der Waals surface area contributed by atoms with Crippen LogP contribution >= 0.6 is 0 Å². The van der Waals surface area contributed by atoms with Crippen LogP contribution in [0.25, 0.3) is 0 Å². The van der Waals surface area contributed by atoms with Crippen molar-refractivity contribution in [1.82, 2.24) is 5.32 Å². The quantitative estimate of drug-likeness (QED) is 0.626. The number of anilines is 1. The van der Waals surface area contributed by atoms with Gasteiger partial charge < -0.3 is 10.6 Å². The van der Waals surface area contributed by atoms with Crippen LogP contribution in [0.2, 0.25) is 0 Å². The first-order valence-electron chi connectivity index (χ1n) is 7.18. The minimum absolute atomic E-state index is 0.0320. The van der Waals surface area contributed by atoms with Crippen LogP contribution in [0.1, 0.15) is 38.1 Å². The summed E-state index contributed by atoms with van der Waals surface area (Å²) < 4.78 is 0. The number of rotatable bonds is 6. The monoisotopic (exact) mass is 302 g/mol. The Kier molecular flexibility index (Phi) is 6.50. The maximum absolute atomic E-state index is 11.8. The highest BCUT2D eigenvalue weighted by atomic mass is 16.2. The number of amides is 2. The molecule has 0 fully saturated rings. The minimum Gasteiger partial charge on any atom is -0.352 e. The Bertz CT molecular complexity index is 586. The van der Waals surface area contributed by atoms with Crippen molar-refractivity contribution in [2.45, 2.75) is 27.7 Å². The van der Waals surface area contributed by atoms with Crippen LogP contribution in [0.5, 0.6) is 0 Å². The SMILES string of the molecule is CC(=O)c1ccc(NC(=O)/C=C(/C)C(=O)NCC(C)C)cc1. The summed E-state index contributed by atoms with van der Waals surface area (Å²) in [6, 6.07) is 6.58. The molecule has 0 saturated heterocycles. The molecule has 2 N–H and O–H groups in total. The number of benzene rings is 1. The Hall–Kier alpha value is -2.43. The molecular weight excluding hydrogens is 280 g/mol. The summed E-state index contributed by atoms with van der Waals surface area (Å²) in [7, 11) is 0. The van der Waals surface area contributed by atoms with E-state index in [2.05, 4.69) is 10.6 Å². The number of hydrogen-bond donors (Lipinski definition) is 2. The molecule has 1 aromatic rings. The molecule has 0 aliphatic carbocycles. The van der Waals surface area contributed by atoms with E-state index < -0.39 is 0 Å². The van der Waals surface area contributed by atoms with Crippen molar-refractivity contribution >= 4 is 23.3 Å². The van der Waals surface area contributed by atoms with E-state index in [9.17, 15) is 14.4 Å². The van der Waals surface area contributed by atoms with Gasteiger partial charge in [0.15, 0.2) is 5.78 Å². The van der Waals surface area contributed by atoms with E-state index >= 15 is 0 Å². The molecule has 0 radical (unpaired) electrons. The van der Waals surface area contributed by atoms with Gasteiger partial charge in [-0.2, -0.15) is 0 Å². The Morgan fingerprint density at radius 1 is 1.09 bits per heavy atom. The van der Waals surface area contributed by atoms with Crippen LogP contribution in [-0.4, -0.2) is 24.1 Å². The van der Waals surface area contributed by atoms with Gasteiger partial charge in [0.05, 0.1) is 0 Å². The average Bonchev–Trinajstić information content (AvgIpc) is 2.44. The second kappa shape index (κ2) is 8.12. The van der Waals surface area contributed by atoms with E-state index in [1.165, 1.54) is 13.0 Å². The van der Waals surface area contributed by atoms with Gasteiger partial charge in [0.25, 0.3) is 0 Å². The fourth-order valence-corrected chi connectivity index (χ4v) is 1.67. The predicted molar refractivity (Wildman–Crippen MR) is 86.7 cm³/mol. The molecule has 0 spiro atoms. The minimum atomic E-state index is -0.382. The molecule has 0 unspecified atom stereocenters. The van der Waals surface area contributed by atoms with Gasteiger partial charge in [-0.05, 0) is 44.0 Å². The van der Waals surface area contributed by atoms with E-state index in [1.807, 2.05) is 13.8 Å². The van der Waals surface area contributed by atoms with Gasteiger partial charge >= 0.3 is 0 Å². The molecule has 1 aromatic carbocycles. The van der Waals surface area contributed by atoms with Crippen LogP contribution in [-0.2, 0) is 9.59 Å². The lowest BCUT2D eigenvalue weighted by Crippen LogP contribution is -2.28.